The van der Waals surface area contributed by atoms with Crippen molar-refractivity contribution in [3.05, 3.63) is 0 Å². The first-order valence-corrected chi connectivity index (χ1v) is 8.25. The Labute approximate surface area is 129 Å². The third kappa shape index (κ3) is 6.82. The van der Waals surface area contributed by atoms with Gasteiger partial charge in [-0.05, 0) is 38.5 Å². The van der Waals surface area contributed by atoms with Crippen LogP contribution < -0.4 is 5.32 Å². The van der Waals surface area contributed by atoms with E-state index in [4.69, 9.17) is 4.74 Å². The van der Waals surface area contributed by atoms with Crippen molar-refractivity contribution < 1.29 is 9.53 Å². The number of ether oxygens (including phenoxy) is 1. The van der Waals surface area contributed by atoms with Crippen molar-refractivity contribution in [2.75, 3.05) is 32.8 Å². The minimum Gasteiger partial charge on any atom is -0.466 e. The summed E-state index contributed by atoms with van der Waals surface area (Å²) < 4.78 is 4.93. The van der Waals surface area contributed by atoms with Crippen molar-refractivity contribution in [3.63, 3.8) is 0 Å². The number of esters is 1. The summed E-state index contributed by atoms with van der Waals surface area (Å²) in [5, 5.41) is 3.37. The molecule has 0 saturated carbocycles. The van der Waals surface area contributed by atoms with Gasteiger partial charge in [0.1, 0.15) is 0 Å². The van der Waals surface area contributed by atoms with Gasteiger partial charge in [0.25, 0.3) is 0 Å². The Morgan fingerprint density at radius 1 is 1.29 bits per heavy atom. The fraction of sp³-hybridized carbons (Fsp3) is 0.875. The van der Waals surface area contributed by atoms with E-state index >= 15 is 0 Å². The van der Waals surface area contributed by atoms with Gasteiger partial charge in [0, 0.05) is 32.6 Å². The number of carbonyl (C=O) groups is 1. The van der Waals surface area contributed by atoms with E-state index in [1.807, 2.05) is 6.92 Å². The molecule has 2 unspecified atom stereocenters. The van der Waals surface area contributed by atoms with E-state index < -0.39 is 0 Å². The van der Waals surface area contributed by atoms with E-state index in [0.717, 1.165) is 32.0 Å². The SMILES string of the molecule is CCNC(=NCCCC(=O)OCC)N1CC(C)CC(C)C1. The van der Waals surface area contributed by atoms with Gasteiger partial charge in [-0.1, -0.05) is 13.8 Å². The van der Waals surface area contributed by atoms with Crippen molar-refractivity contribution in [3.8, 4) is 0 Å². The quantitative estimate of drug-likeness (QED) is 0.354. The lowest BCUT2D eigenvalue weighted by atomic mass is 9.92. The van der Waals surface area contributed by atoms with E-state index in [2.05, 4.69) is 36.0 Å². The normalized spacial score (nSPS) is 23.0. The number of hydrogen-bond donors (Lipinski definition) is 1. The van der Waals surface area contributed by atoms with Gasteiger partial charge >= 0.3 is 5.97 Å². The third-order valence-corrected chi connectivity index (χ3v) is 3.61. The van der Waals surface area contributed by atoms with Crippen LogP contribution in [-0.4, -0.2) is 49.6 Å². The molecular formula is C16H31N3O2. The number of nitrogens with zero attached hydrogens (tertiary/aromatic N) is 2. The summed E-state index contributed by atoms with van der Waals surface area (Å²) in [6.07, 6.45) is 2.48. The van der Waals surface area contributed by atoms with Gasteiger partial charge in [0.2, 0.25) is 0 Å². The van der Waals surface area contributed by atoms with E-state index in [9.17, 15) is 4.79 Å². The average Bonchev–Trinajstić information content (AvgIpc) is 2.41. The van der Waals surface area contributed by atoms with Gasteiger partial charge in [0.05, 0.1) is 6.61 Å². The fourth-order valence-corrected chi connectivity index (χ4v) is 2.90. The van der Waals surface area contributed by atoms with Gasteiger partial charge in [-0.15, -0.1) is 0 Å². The second-order valence-corrected chi connectivity index (χ2v) is 6.00. The fourth-order valence-electron chi connectivity index (χ4n) is 2.90. The highest BCUT2D eigenvalue weighted by Crippen LogP contribution is 2.20. The average molecular weight is 297 g/mol. The number of likely N-dealkylation sites (tertiary alicyclic amines) is 1. The monoisotopic (exact) mass is 297 g/mol. The Balaban J connectivity index is 2.47. The number of rotatable bonds is 6. The zero-order valence-corrected chi connectivity index (χ0v) is 14.0. The van der Waals surface area contributed by atoms with E-state index in [-0.39, 0.29) is 5.97 Å². The van der Waals surface area contributed by atoms with Crippen LogP contribution in [0.2, 0.25) is 0 Å². The number of aliphatic imine (C=N–C) groups is 1. The summed E-state index contributed by atoms with van der Waals surface area (Å²) in [5.41, 5.74) is 0. The van der Waals surface area contributed by atoms with Crippen molar-refractivity contribution in [2.45, 2.75) is 47.0 Å². The van der Waals surface area contributed by atoms with E-state index in [1.54, 1.807) is 0 Å². The summed E-state index contributed by atoms with van der Waals surface area (Å²) in [5.74, 6) is 2.27. The Kier molecular flexibility index (Phi) is 8.16. The summed E-state index contributed by atoms with van der Waals surface area (Å²) in [7, 11) is 0. The summed E-state index contributed by atoms with van der Waals surface area (Å²) in [6, 6.07) is 0. The lowest BCUT2D eigenvalue weighted by Crippen LogP contribution is -2.48. The molecule has 1 rings (SSSR count). The maximum atomic E-state index is 11.3. The van der Waals surface area contributed by atoms with E-state index in [1.165, 1.54) is 6.42 Å². The molecule has 0 aromatic carbocycles. The predicted octanol–water partition coefficient (Wildman–Crippen LogP) is 2.27. The van der Waals surface area contributed by atoms with Crippen LogP contribution in [0.4, 0.5) is 0 Å². The van der Waals surface area contributed by atoms with Crippen LogP contribution in [0.1, 0.15) is 47.0 Å². The number of nitrogens with one attached hydrogen (secondary N) is 1. The van der Waals surface area contributed by atoms with Gasteiger partial charge in [0.15, 0.2) is 5.96 Å². The van der Waals surface area contributed by atoms with Crippen molar-refractivity contribution in [1.29, 1.82) is 0 Å². The Hall–Kier alpha value is -1.26. The predicted molar refractivity (Wildman–Crippen MR) is 86.4 cm³/mol. The molecule has 1 N–H and O–H groups in total. The minimum absolute atomic E-state index is 0.127. The number of hydrogen-bond acceptors (Lipinski definition) is 3. The van der Waals surface area contributed by atoms with Crippen LogP contribution in [0.3, 0.4) is 0 Å². The molecule has 1 aliphatic rings. The van der Waals surface area contributed by atoms with Gasteiger partial charge in [-0.25, -0.2) is 0 Å². The van der Waals surface area contributed by atoms with Crippen LogP contribution in [-0.2, 0) is 9.53 Å². The van der Waals surface area contributed by atoms with Crippen LogP contribution in [0.25, 0.3) is 0 Å². The molecule has 0 amide bonds. The standard InChI is InChI=1S/C16H31N3O2/c1-5-17-16(18-9-7-8-15(20)21-6-2)19-11-13(3)10-14(4)12-19/h13-14H,5-12H2,1-4H3,(H,17,18). The van der Waals surface area contributed by atoms with Gasteiger partial charge in [-0.2, -0.15) is 0 Å². The first kappa shape index (κ1) is 17.8. The minimum atomic E-state index is -0.127. The second-order valence-electron chi connectivity index (χ2n) is 6.00. The Morgan fingerprint density at radius 3 is 2.52 bits per heavy atom. The summed E-state index contributed by atoms with van der Waals surface area (Å²) in [6.45, 7) is 12.6. The second kappa shape index (κ2) is 9.64. The van der Waals surface area contributed by atoms with Crippen LogP contribution in [0.5, 0.6) is 0 Å². The topological polar surface area (TPSA) is 53.9 Å². The third-order valence-electron chi connectivity index (χ3n) is 3.61. The highest BCUT2D eigenvalue weighted by atomic mass is 16.5. The molecule has 1 heterocycles. The van der Waals surface area contributed by atoms with Crippen molar-refractivity contribution >= 4 is 11.9 Å². The molecule has 0 aromatic heterocycles. The molecule has 1 fully saturated rings. The van der Waals surface area contributed by atoms with Gasteiger partial charge in [-0.3, -0.25) is 9.79 Å². The molecule has 1 saturated heterocycles. The largest absolute Gasteiger partial charge is 0.466 e. The lowest BCUT2D eigenvalue weighted by Gasteiger charge is -2.37. The molecule has 122 valence electrons. The highest BCUT2D eigenvalue weighted by molar-refractivity contribution is 5.80. The lowest BCUT2D eigenvalue weighted by molar-refractivity contribution is -0.143. The van der Waals surface area contributed by atoms with Crippen LogP contribution >= 0.6 is 0 Å². The maximum absolute atomic E-state index is 11.3. The Bertz CT molecular complexity index is 334. The van der Waals surface area contributed by atoms with Crippen LogP contribution in [0.15, 0.2) is 4.99 Å². The molecule has 2 atom stereocenters. The molecule has 21 heavy (non-hydrogen) atoms. The van der Waals surface area contributed by atoms with Crippen molar-refractivity contribution in [2.24, 2.45) is 16.8 Å². The summed E-state index contributed by atoms with van der Waals surface area (Å²) in [4.78, 5) is 18.3. The Morgan fingerprint density at radius 2 is 1.95 bits per heavy atom. The molecule has 0 spiro atoms. The molecule has 0 bridgehead atoms. The first-order valence-electron chi connectivity index (χ1n) is 8.25. The number of piperidine rings is 1. The molecule has 0 aliphatic carbocycles. The molecular weight excluding hydrogens is 266 g/mol. The number of carbonyl (C=O) groups excluding carboxylic acids is 1. The number of guanidine groups is 1. The summed E-state index contributed by atoms with van der Waals surface area (Å²) >= 11 is 0. The van der Waals surface area contributed by atoms with Gasteiger partial charge < -0.3 is 15.0 Å². The zero-order chi connectivity index (χ0) is 15.7. The molecule has 0 aromatic rings. The molecule has 1 aliphatic heterocycles. The highest BCUT2D eigenvalue weighted by Gasteiger charge is 2.23. The smallest absolute Gasteiger partial charge is 0.305 e. The molecule has 0 radical (unpaired) electrons. The molecule has 5 heteroatoms. The molecule has 5 nitrogen and oxygen atoms in total. The zero-order valence-electron chi connectivity index (χ0n) is 14.0. The maximum Gasteiger partial charge on any atom is 0.305 e. The van der Waals surface area contributed by atoms with E-state index in [0.29, 0.717) is 31.4 Å². The van der Waals surface area contributed by atoms with Crippen molar-refractivity contribution in [1.82, 2.24) is 10.2 Å². The first-order chi connectivity index (χ1) is 10.1. The van der Waals surface area contributed by atoms with Crippen LogP contribution in [0, 0.1) is 11.8 Å².